The van der Waals surface area contributed by atoms with Crippen LogP contribution < -0.4 is 14.2 Å². The minimum absolute atomic E-state index is 0.0142. The third-order valence-corrected chi connectivity index (χ3v) is 11.9. The van der Waals surface area contributed by atoms with Crippen molar-refractivity contribution < 1.29 is 19.2 Å². The van der Waals surface area contributed by atoms with Crippen LogP contribution in [0.2, 0.25) is 5.02 Å². The molecule has 8 heteroatoms. The highest BCUT2D eigenvalue weighted by molar-refractivity contribution is 7.18. The Morgan fingerprint density at radius 1 is 0.811 bits per heavy atom. The lowest BCUT2D eigenvalue weighted by molar-refractivity contribution is -0.669. The summed E-state index contributed by atoms with van der Waals surface area (Å²) >= 11 is 8.04. The molecule has 1 aliphatic carbocycles. The minimum Gasteiger partial charge on any atom is -0.506 e. The maximum absolute atomic E-state index is 13.6. The van der Waals surface area contributed by atoms with Crippen molar-refractivity contribution in [2.24, 2.45) is 0 Å². The zero-order valence-corrected chi connectivity index (χ0v) is 33.6. The number of aromatic nitrogens is 1. The quantitative estimate of drug-likeness (QED) is 0.0559. The first-order valence-electron chi connectivity index (χ1n) is 20.5. The molecule has 0 saturated heterocycles. The van der Waals surface area contributed by atoms with Gasteiger partial charge in [-0.05, 0) is 43.2 Å². The van der Waals surface area contributed by atoms with Crippen LogP contribution in [0.5, 0.6) is 5.75 Å². The van der Waals surface area contributed by atoms with Crippen LogP contribution in [0.4, 0.5) is 5.69 Å². The number of hydrogen-bond acceptors (Lipinski definition) is 6. The van der Waals surface area contributed by atoms with E-state index in [2.05, 4.69) is 24.5 Å². The number of aliphatic hydroxyl groups excluding tert-OH is 1. The van der Waals surface area contributed by atoms with E-state index in [0.717, 1.165) is 53.1 Å². The largest absolute Gasteiger partial charge is 0.506 e. The molecular weight excluding hydrogens is 698 g/mol. The van der Waals surface area contributed by atoms with Crippen molar-refractivity contribution >= 4 is 50.7 Å². The first kappa shape index (κ1) is 40.6. The highest BCUT2D eigenvalue weighted by atomic mass is 35.5. The van der Waals surface area contributed by atoms with E-state index < -0.39 is 0 Å². The van der Waals surface area contributed by atoms with Gasteiger partial charge in [-0.1, -0.05) is 146 Å². The Kier molecular flexibility index (Phi) is 16.3. The number of benzene rings is 2. The van der Waals surface area contributed by atoms with Crippen molar-refractivity contribution in [3.8, 4) is 11.8 Å². The number of anilines is 1. The van der Waals surface area contributed by atoms with Crippen LogP contribution in [0.1, 0.15) is 153 Å². The molecule has 0 spiro atoms. The summed E-state index contributed by atoms with van der Waals surface area (Å²) in [5.74, 6) is 0.946. The fraction of sp³-hybridized carbons (Fsp3) is 0.533. The smallest absolute Gasteiger partial charge is 0.263 e. The van der Waals surface area contributed by atoms with Crippen molar-refractivity contribution in [1.29, 1.82) is 5.26 Å². The highest BCUT2D eigenvalue weighted by Gasteiger charge is 2.37. The van der Waals surface area contributed by atoms with Crippen molar-refractivity contribution in [3.63, 3.8) is 0 Å². The van der Waals surface area contributed by atoms with E-state index in [1.165, 1.54) is 103 Å². The second-order valence-corrected chi connectivity index (χ2v) is 16.2. The Morgan fingerprint density at radius 3 is 2.02 bits per heavy atom. The Hall–Kier alpha value is -3.60. The average molecular weight is 758 g/mol. The van der Waals surface area contributed by atoms with Crippen LogP contribution >= 0.6 is 22.9 Å². The number of unbranched alkanes of at least 4 members (excludes halogenated alkanes) is 18. The number of ketones is 1. The summed E-state index contributed by atoms with van der Waals surface area (Å²) in [7, 11) is 0. The van der Waals surface area contributed by atoms with Gasteiger partial charge in [0.15, 0.2) is 12.3 Å². The molecular formula is C45H59ClN3O3S+. The van der Waals surface area contributed by atoms with Gasteiger partial charge in [0.1, 0.15) is 10.5 Å². The number of aliphatic hydroxyl groups is 1. The molecule has 0 saturated carbocycles. The Labute approximate surface area is 326 Å². The van der Waals surface area contributed by atoms with Crippen LogP contribution in [0, 0.1) is 11.3 Å². The van der Waals surface area contributed by atoms with Crippen LogP contribution in [-0.2, 0) is 11.3 Å². The van der Waals surface area contributed by atoms with Crippen molar-refractivity contribution in [1.82, 2.24) is 0 Å². The van der Waals surface area contributed by atoms with Crippen molar-refractivity contribution in [3.05, 3.63) is 80.9 Å². The predicted octanol–water partition coefficient (Wildman–Crippen LogP) is 13.1. The summed E-state index contributed by atoms with van der Waals surface area (Å²) < 4.78 is 9.58. The third-order valence-electron chi connectivity index (χ3n) is 10.6. The number of ether oxygens (including phenoxy) is 1. The molecule has 53 heavy (non-hydrogen) atoms. The second-order valence-electron chi connectivity index (χ2n) is 14.7. The number of carbonyl (C=O) groups excluding carboxylic acids is 1. The summed E-state index contributed by atoms with van der Waals surface area (Å²) in [5.41, 5.74) is 3.00. The molecule has 5 rings (SSSR count). The number of halogens is 1. The van der Waals surface area contributed by atoms with Crippen molar-refractivity contribution in [2.45, 2.75) is 149 Å². The van der Waals surface area contributed by atoms with Gasteiger partial charge >= 0.3 is 0 Å². The number of nitrogens with zero attached hydrogens (tertiary/aromatic N) is 3. The summed E-state index contributed by atoms with van der Waals surface area (Å²) in [6.07, 6.45) is 28.6. The zero-order valence-electron chi connectivity index (χ0n) is 32.1. The van der Waals surface area contributed by atoms with Gasteiger partial charge in [-0.3, -0.25) is 4.79 Å². The van der Waals surface area contributed by atoms with Gasteiger partial charge < -0.3 is 14.7 Å². The molecule has 2 heterocycles. The lowest BCUT2D eigenvalue weighted by Gasteiger charge is -2.22. The van der Waals surface area contributed by atoms with E-state index in [1.54, 1.807) is 23.5 Å². The first-order chi connectivity index (χ1) is 25.9. The van der Waals surface area contributed by atoms with Crippen LogP contribution in [0.25, 0.3) is 16.3 Å². The molecule has 2 aliphatic rings. The third kappa shape index (κ3) is 11.2. The SMILES string of the molecule is CCCCCCCCCCCCN1/C(=C\C2=C(O)C(=C\c3sc4ccc(Cl)cc4[n+]3CCCCCCCCCCCC)/C2=O)Oc2ccc(C#N)cc21. The lowest BCUT2D eigenvalue weighted by Crippen LogP contribution is -2.35. The maximum atomic E-state index is 13.6. The van der Waals surface area contributed by atoms with Gasteiger partial charge in [-0.2, -0.15) is 9.83 Å². The normalized spacial score (nSPS) is 15.4. The number of Topliss-reactive ketones (excluding diaryl/α,β-unsaturated/α-hetero) is 1. The van der Waals surface area contributed by atoms with E-state index in [1.807, 2.05) is 41.3 Å². The number of carbonyl (C=O) groups is 1. The molecule has 0 bridgehead atoms. The predicted molar refractivity (Wildman–Crippen MR) is 221 cm³/mol. The fourth-order valence-corrected chi connectivity index (χ4v) is 8.67. The minimum atomic E-state index is -0.202. The van der Waals surface area contributed by atoms with E-state index in [4.69, 9.17) is 16.3 Å². The molecule has 3 aromatic rings. The van der Waals surface area contributed by atoms with Crippen LogP contribution in [-0.4, -0.2) is 17.4 Å². The number of aryl methyl sites for hydroxylation is 1. The number of thiazole rings is 1. The van der Waals surface area contributed by atoms with Crippen LogP contribution in [0.3, 0.4) is 0 Å². The van der Waals surface area contributed by atoms with E-state index in [0.29, 0.717) is 34.3 Å². The summed E-state index contributed by atoms with van der Waals surface area (Å²) in [6, 6.07) is 13.6. The fourth-order valence-electron chi connectivity index (χ4n) is 7.39. The van der Waals surface area contributed by atoms with E-state index in [9.17, 15) is 15.2 Å². The number of nitriles is 1. The number of allylic oxidation sites excluding steroid dienone is 3. The summed E-state index contributed by atoms with van der Waals surface area (Å²) in [6.45, 7) is 6.05. The highest BCUT2D eigenvalue weighted by Crippen LogP contribution is 2.42. The Morgan fingerprint density at radius 2 is 1.42 bits per heavy atom. The molecule has 0 atom stereocenters. The summed E-state index contributed by atoms with van der Waals surface area (Å²) in [4.78, 5) is 15.7. The molecule has 0 fully saturated rings. The molecule has 2 aromatic carbocycles. The zero-order chi connectivity index (χ0) is 37.4. The summed E-state index contributed by atoms with van der Waals surface area (Å²) in [5, 5.41) is 22.5. The Balaban J connectivity index is 1.25. The molecule has 1 aromatic heterocycles. The van der Waals surface area contributed by atoms with Gasteiger partial charge in [-0.25, -0.2) is 0 Å². The molecule has 0 radical (unpaired) electrons. The Bertz CT molecular complexity index is 1820. The topological polar surface area (TPSA) is 77.4 Å². The van der Waals surface area contributed by atoms with Gasteiger partial charge in [-0.15, -0.1) is 0 Å². The molecule has 6 nitrogen and oxygen atoms in total. The van der Waals surface area contributed by atoms with E-state index >= 15 is 0 Å². The number of rotatable bonds is 24. The van der Waals surface area contributed by atoms with Crippen LogP contribution in [0.15, 0.2) is 65.3 Å². The monoisotopic (exact) mass is 756 g/mol. The molecule has 284 valence electrons. The maximum Gasteiger partial charge on any atom is 0.263 e. The molecule has 1 N–H and O–H groups in total. The average Bonchev–Trinajstić information content (AvgIpc) is 3.69. The van der Waals surface area contributed by atoms with Crippen molar-refractivity contribution in [2.75, 3.05) is 11.4 Å². The standard InChI is InChI=1S/C45H58ClN3O3S/c1-3-5-7-9-11-13-15-17-19-21-27-48-38-29-34(33-47)23-25-40(38)52-42(48)31-36-44(50)37(45(36)51)32-43-49(39-30-35(46)24-26-41(39)53-43)28-22-20-18-16-14-12-10-8-6-4-2/h23-26,29-32H,3-22,27-28H2,1-2H3/p+1. The number of hydrogen-bond donors (Lipinski definition) is 1. The lowest BCUT2D eigenvalue weighted by atomic mass is 9.87. The number of fused-ring (bicyclic) bond motifs is 2. The molecule has 0 amide bonds. The second kappa shape index (κ2) is 21.3. The van der Waals surface area contributed by atoms with E-state index in [-0.39, 0.29) is 17.1 Å². The van der Waals surface area contributed by atoms with Gasteiger partial charge in [0.2, 0.25) is 17.2 Å². The molecule has 1 aliphatic heterocycles. The van der Waals surface area contributed by atoms with Gasteiger partial charge in [0.25, 0.3) is 5.01 Å². The molecule has 0 unspecified atom stereocenters. The first-order valence-corrected chi connectivity index (χ1v) is 21.7. The van der Waals surface area contributed by atoms with Gasteiger partial charge in [0.05, 0.1) is 28.5 Å². The van der Waals surface area contributed by atoms with Gasteiger partial charge in [0, 0.05) is 36.2 Å².